The molecule has 0 aliphatic heterocycles. The molecule has 0 amide bonds. The van der Waals surface area contributed by atoms with Gasteiger partial charge in [0.15, 0.2) is 0 Å². The first-order valence-corrected chi connectivity index (χ1v) is 6.89. The number of rotatable bonds is 9. The van der Waals surface area contributed by atoms with E-state index in [2.05, 4.69) is 6.58 Å². The van der Waals surface area contributed by atoms with Crippen molar-refractivity contribution in [3.63, 3.8) is 0 Å². The number of carboxylic acid groups (broad SMARTS) is 1. The SMILES string of the molecule is C=C(C(=O)OCC(C)C)C(CC(=O)O)C(=O)OCC(C)C. The van der Waals surface area contributed by atoms with Crippen LogP contribution >= 0.6 is 0 Å². The second-order valence-electron chi connectivity index (χ2n) is 5.69. The fourth-order valence-corrected chi connectivity index (χ4v) is 1.35. The summed E-state index contributed by atoms with van der Waals surface area (Å²) in [4.78, 5) is 34.5. The van der Waals surface area contributed by atoms with Crippen molar-refractivity contribution in [2.45, 2.75) is 34.1 Å². The number of esters is 2. The highest BCUT2D eigenvalue weighted by molar-refractivity contribution is 5.96. The summed E-state index contributed by atoms with van der Waals surface area (Å²) < 4.78 is 9.96. The summed E-state index contributed by atoms with van der Waals surface area (Å²) in [6, 6.07) is 0. The maximum absolute atomic E-state index is 11.9. The molecule has 1 atom stereocenters. The van der Waals surface area contributed by atoms with E-state index < -0.39 is 30.2 Å². The molecule has 0 aromatic heterocycles. The van der Waals surface area contributed by atoms with Crippen LogP contribution < -0.4 is 0 Å². The van der Waals surface area contributed by atoms with Crippen molar-refractivity contribution in [3.8, 4) is 0 Å². The van der Waals surface area contributed by atoms with Crippen molar-refractivity contribution in [1.82, 2.24) is 0 Å². The Balaban J connectivity index is 4.79. The van der Waals surface area contributed by atoms with Gasteiger partial charge in [0.2, 0.25) is 0 Å². The van der Waals surface area contributed by atoms with Crippen LogP contribution in [-0.2, 0) is 23.9 Å². The average Bonchev–Trinajstić information content (AvgIpc) is 2.38. The van der Waals surface area contributed by atoms with Gasteiger partial charge in [0.25, 0.3) is 0 Å². The lowest BCUT2D eigenvalue weighted by Gasteiger charge is -2.17. The van der Waals surface area contributed by atoms with Crippen molar-refractivity contribution in [1.29, 1.82) is 0 Å². The molecule has 0 aliphatic carbocycles. The molecule has 0 heterocycles. The van der Waals surface area contributed by atoms with Crippen LogP contribution in [0.5, 0.6) is 0 Å². The third kappa shape index (κ3) is 8.12. The Morgan fingerprint density at radius 3 is 1.90 bits per heavy atom. The van der Waals surface area contributed by atoms with Gasteiger partial charge in [-0.2, -0.15) is 0 Å². The quantitative estimate of drug-likeness (QED) is 0.517. The van der Waals surface area contributed by atoms with E-state index >= 15 is 0 Å². The third-order valence-corrected chi connectivity index (χ3v) is 2.45. The van der Waals surface area contributed by atoms with Gasteiger partial charge >= 0.3 is 17.9 Å². The lowest BCUT2D eigenvalue weighted by atomic mass is 9.97. The minimum Gasteiger partial charge on any atom is -0.481 e. The summed E-state index contributed by atoms with van der Waals surface area (Å²) in [7, 11) is 0. The predicted octanol–water partition coefficient (Wildman–Crippen LogP) is 2.03. The summed E-state index contributed by atoms with van der Waals surface area (Å²) in [5, 5.41) is 8.86. The summed E-state index contributed by atoms with van der Waals surface area (Å²) >= 11 is 0. The number of aliphatic carboxylic acids is 1. The molecule has 0 aromatic carbocycles. The molecule has 1 unspecified atom stereocenters. The highest BCUT2D eigenvalue weighted by Gasteiger charge is 2.31. The Labute approximate surface area is 125 Å². The maximum atomic E-state index is 11.9. The Bertz CT molecular complexity index is 397. The van der Waals surface area contributed by atoms with Crippen molar-refractivity contribution < 1.29 is 29.0 Å². The first-order valence-electron chi connectivity index (χ1n) is 6.89. The largest absolute Gasteiger partial charge is 0.481 e. The highest BCUT2D eigenvalue weighted by Crippen LogP contribution is 2.18. The Hall–Kier alpha value is -1.85. The molecule has 6 heteroatoms. The van der Waals surface area contributed by atoms with Gasteiger partial charge in [-0.05, 0) is 11.8 Å². The number of ether oxygens (including phenoxy) is 2. The van der Waals surface area contributed by atoms with Crippen LogP contribution in [0.2, 0.25) is 0 Å². The van der Waals surface area contributed by atoms with E-state index in [1.807, 2.05) is 27.7 Å². The van der Waals surface area contributed by atoms with Crippen LogP contribution in [0.3, 0.4) is 0 Å². The van der Waals surface area contributed by atoms with Crippen LogP contribution in [0, 0.1) is 17.8 Å². The van der Waals surface area contributed by atoms with Gasteiger partial charge in [-0.25, -0.2) is 4.79 Å². The average molecular weight is 300 g/mol. The van der Waals surface area contributed by atoms with E-state index in [0.717, 1.165) is 0 Å². The second-order valence-corrected chi connectivity index (χ2v) is 5.69. The van der Waals surface area contributed by atoms with Gasteiger partial charge < -0.3 is 14.6 Å². The first-order chi connectivity index (χ1) is 9.65. The van der Waals surface area contributed by atoms with E-state index in [4.69, 9.17) is 14.6 Å². The molecule has 0 fully saturated rings. The van der Waals surface area contributed by atoms with Crippen LogP contribution in [0.1, 0.15) is 34.1 Å². The zero-order valence-electron chi connectivity index (χ0n) is 13.0. The molecule has 6 nitrogen and oxygen atoms in total. The van der Waals surface area contributed by atoms with Crippen LogP contribution in [0.15, 0.2) is 12.2 Å². The molecule has 0 rings (SSSR count). The van der Waals surface area contributed by atoms with Gasteiger partial charge in [0.1, 0.15) is 0 Å². The molecular formula is C15H24O6. The Morgan fingerprint density at radius 2 is 1.48 bits per heavy atom. The van der Waals surface area contributed by atoms with Crippen LogP contribution in [0.4, 0.5) is 0 Å². The number of carbonyl (C=O) groups excluding carboxylic acids is 2. The van der Waals surface area contributed by atoms with E-state index in [1.165, 1.54) is 0 Å². The first kappa shape index (κ1) is 19.1. The van der Waals surface area contributed by atoms with Gasteiger partial charge in [-0.15, -0.1) is 0 Å². The molecule has 0 aliphatic rings. The summed E-state index contributed by atoms with van der Waals surface area (Å²) in [5.41, 5.74) is -0.188. The van der Waals surface area contributed by atoms with Crippen LogP contribution in [-0.4, -0.2) is 36.2 Å². The predicted molar refractivity (Wildman–Crippen MR) is 76.5 cm³/mol. The Morgan fingerprint density at radius 1 is 1.00 bits per heavy atom. The summed E-state index contributed by atoms with van der Waals surface area (Å²) in [6.45, 7) is 11.3. The molecule has 0 radical (unpaired) electrons. The van der Waals surface area contributed by atoms with E-state index in [-0.39, 0.29) is 30.6 Å². The molecular weight excluding hydrogens is 276 g/mol. The molecule has 0 saturated carbocycles. The van der Waals surface area contributed by atoms with E-state index in [9.17, 15) is 14.4 Å². The zero-order chi connectivity index (χ0) is 16.6. The molecule has 0 saturated heterocycles. The number of hydrogen-bond acceptors (Lipinski definition) is 5. The lowest BCUT2D eigenvalue weighted by Crippen LogP contribution is -2.28. The molecule has 0 bridgehead atoms. The molecule has 120 valence electrons. The normalized spacial score (nSPS) is 12.1. The van der Waals surface area contributed by atoms with Crippen LogP contribution in [0.25, 0.3) is 0 Å². The van der Waals surface area contributed by atoms with Gasteiger partial charge in [0, 0.05) is 5.57 Å². The molecule has 0 aromatic rings. The van der Waals surface area contributed by atoms with E-state index in [0.29, 0.717) is 0 Å². The Kier molecular flexibility index (Phi) is 8.35. The van der Waals surface area contributed by atoms with Gasteiger partial charge in [-0.3, -0.25) is 9.59 Å². The number of carboxylic acids is 1. The van der Waals surface area contributed by atoms with Gasteiger partial charge in [0.05, 0.1) is 25.6 Å². The maximum Gasteiger partial charge on any atom is 0.334 e. The van der Waals surface area contributed by atoms with Gasteiger partial charge in [-0.1, -0.05) is 34.3 Å². The summed E-state index contributed by atoms with van der Waals surface area (Å²) in [6.07, 6.45) is -0.549. The topological polar surface area (TPSA) is 89.9 Å². The molecule has 0 spiro atoms. The smallest absolute Gasteiger partial charge is 0.334 e. The fraction of sp³-hybridized carbons (Fsp3) is 0.667. The summed E-state index contributed by atoms with van der Waals surface area (Å²) in [5.74, 6) is -3.72. The minimum absolute atomic E-state index is 0.112. The number of carbonyl (C=O) groups is 3. The highest BCUT2D eigenvalue weighted by atomic mass is 16.5. The standard InChI is InChI=1S/C15H24O6/c1-9(2)7-20-14(18)11(5)12(6-13(16)17)15(19)21-8-10(3)4/h9-10,12H,5-8H2,1-4H3,(H,16,17). The molecule has 21 heavy (non-hydrogen) atoms. The minimum atomic E-state index is -1.22. The monoisotopic (exact) mass is 300 g/mol. The van der Waals surface area contributed by atoms with Crippen molar-refractivity contribution in [3.05, 3.63) is 12.2 Å². The van der Waals surface area contributed by atoms with Crippen molar-refractivity contribution >= 4 is 17.9 Å². The van der Waals surface area contributed by atoms with Crippen molar-refractivity contribution in [2.24, 2.45) is 17.8 Å². The molecule has 1 N–H and O–H groups in total. The van der Waals surface area contributed by atoms with E-state index in [1.54, 1.807) is 0 Å². The number of hydrogen-bond donors (Lipinski definition) is 1. The fourth-order valence-electron chi connectivity index (χ4n) is 1.35. The zero-order valence-corrected chi connectivity index (χ0v) is 13.0. The second kappa shape index (κ2) is 9.15. The lowest BCUT2D eigenvalue weighted by molar-refractivity contribution is -0.154. The van der Waals surface area contributed by atoms with Crippen molar-refractivity contribution in [2.75, 3.05) is 13.2 Å². The third-order valence-electron chi connectivity index (χ3n) is 2.45.